The molecule has 4 N–H and O–H groups in total. The van der Waals surface area contributed by atoms with Crippen molar-refractivity contribution in [3.63, 3.8) is 0 Å². The van der Waals surface area contributed by atoms with E-state index in [-0.39, 0.29) is 19.1 Å². The first kappa shape index (κ1) is 33.7. The van der Waals surface area contributed by atoms with Crippen molar-refractivity contribution in [3.05, 3.63) is 29.8 Å². The van der Waals surface area contributed by atoms with Crippen LogP contribution in [0.2, 0.25) is 24.2 Å². The average Bonchev–Trinajstić information content (AvgIpc) is 2.92. The molecule has 0 aliphatic heterocycles. The molecule has 0 radical (unpaired) electrons. The second kappa shape index (κ2) is 21.5. The van der Waals surface area contributed by atoms with Crippen LogP contribution in [0.25, 0.3) is 0 Å². The molecule has 6 heteroatoms. The Labute approximate surface area is 229 Å². The van der Waals surface area contributed by atoms with E-state index >= 15 is 0 Å². The Balaban J connectivity index is 2.65. The van der Waals surface area contributed by atoms with E-state index in [1.165, 1.54) is 108 Å². The lowest BCUT2D eigenvalue weighted by molar-refractivity contribution is 0.0802. The van der Waals surface area contributed by atoms with Crippen molar-refractivity contribution in [1.29, 1.82) is 0 Å². The van der Waals surface area contributed by atoms with Gasteiger partial charge in [0.1, 0.15) is 0 Å². The van der Waals surface area contributed by atoms with Gasteiger partial charge in [-0.15, -0.1) is 0 Å². The van der Waals surface area contributed by atoms with Crippen LogP contribution in [0.4, 0.5) is 5.69 Å². The van der Waals surface area contributed by atoms with E-state index < -0.39 is 14.2 Å². The highest BCUT2D eigenvalue weighted by Gasteiger charge is 2.30. The molecule has 0 saturated carbocycles. The Kier molecular flexibility index (Phi) is 19.6. The summed E-state index contributed by atoms with van der Waals surface area (Å²) in [5, 5.41) is 24.5. The van der Waals surface area contributed by atoms with E-state index in [1.54, 1.807) is 0 Å². The van der Waals surface area contributed by atoms with Crippen LogP contribution >= 0.6 is 0 Å². The van der Waals surface area contributed by atoms with Gasteiger partial charge in [0.15, 0.2) is 0 Å². The number of carbonyl (C=O) groups excluding carboxylic acids is 1. The number of unbranched alkanes of at least 4 members (excludes halogenated alkanes) is 9. The number of amides is 1. The highest BCUT2D eigenvalue weighted by atomic mass is 28.3. The third-order valence-electron chi connectivity index (χ3n) is 7.75. The van der Waals surface area contributed by atoms with Crippen molar-refractivity contribution in [3.8, 4) is 0 Å². The molecule has 1 atom stereocenters. The lowest BCUT2D eigenvalue weighted by Crippen LogP contribution is -2.34. The minimum atomic E-state index is -1.26. The number of hydrogen-bond acceptors (Lipinski definition) is 4. The third-order valence-corrected chi connectivity index (χ3v) is 13.4. The van der Waals surface area contributed by atoms with Crippen molar-refractivity contribution < 1.29 is 15.0 Å². The highest BCUT2D eigenvalue weighted by molar-refractivity contribution is 6.79. The topological polar surface area (TPSA) is 81.6 Å². The molecule has 0 saturated heterocycles. The minimum Gasteiger partial charge on any atom is -0.394 e. The van der Waals surface area contributed by atoms with Gasteiger partial charge in [-0.2, -0.15) is 0 Å². The summed E-state index contributed by atoms with van der Waals surface area (Å²) in [6.45, 7) is 7.62. The normalized spacial score (nSPS) is 12.5. The van der Waals surface area contributed by atoms with E-state index in [4.69, 9.17) is 5.11 Å². The maximum atomic E-state index is 12.2. The van der Waals surface area contributed by atoms with Crippen LogP contribution in [0.5, 0.6) is 0 Å². The predicted molar refractivity (Wildman–Crippen MR) is 162 cm³/mol. The van der Waals surface area contributed by atoms with Gasteiger partial charge in [-0.3, -0.25) is 4.79 Å². The molecule has 214 valence electrons. The number of hydrogen-bond donors (Lipinski definition) is 4. The van der Waals surface area contributed by atoms with Crippen LogP contribution in [0.1, 0.15) is 115 Å². The van der Waals surface area contributed by atoms with Crippen molar-refractivity contribution in [1.82, 2.24) is 5.32 Å². The van der Waals surface area contributed by atoms with E-state index in [1.807, 2.05) is 24.3 Å². The molecule has 0 fully saturated rings. The molecule has 5 nitrogen and oxygen atoms in total. The summed E-state index contributed by atoms with van der Waals surface area (Å²) in [7, 11) is -1.26. The zero-order valence-electron chi connectivity index (χ0n) is 24.3. The van der Waals surface area contributed by atoms with E-state index in [0.717, 1.165) is 12.2 Å². The molecule has 0 aliphatic carbocycles. The van der Waals surface area contributed by atoms with Crippen LogP contribution in [0, 0.1) is 0 Å². The monoisotopic (exact) mass is 534 g/mol. The third kappa shape index (κ3) is 15.6. The summed E-state index contributed by atoms with van der Waals surface area (Å²) in [5.74, 6) is -0.232. The molecule has 1 rings (SSSR count). The summed E-state index contributed by atoms with van der Waals surface area (Å²) in [5.41, 5.74) is 1.61. The van der Waals surface area contributed by atoms with Gasteiger partial charge in [-0.1, -0.05) is 122 Å². The quantitative estimate of drug-likeness (QED) is 0.0807. The molecule has 0 aliphatic rings. The van der Waals surface area contributed by atoms with Crippen molar-refractivity contribution in [2.24, 2.45) is 0 Å². The summed E-state index contributed by atoms with van der Waals surface area (Å²) in [4.78, 5) is 12.2. The zero-order valence-corrected chi connectivity index (χ0v) is 25.3. The maximum Gasteiger partial charge on any atom is 0.251 e. The molecule has 0 heterocycles. The molecule has 0 spiro atoms. The summed E-state index contributed by atoms with van der Waals surface area (Å²) >= 11 is 0. The molecule has 37 heavy (non-hydrogen) atoms. The fourth-order valence-electron chi connectivity index (χ4n) is 5.34. The van der Waals surface area contributed by atoms with Crippen LogP contribution in [-0.2, 0) is 0 Å². The second-order valence-electron chi connectivity index (χ2n) is 11.1. The fraction of sp³-hybridized carbons (Fsp3) is 0.774. The largest absolute Gasteiger partial charge is 0.394 e. The van der Waals surface area contributed by atoms with Gasteiger partial charge in [-0.25, -0.2) is 0 Å². The molecule has 1 amide bonds. The molecule has 1 aromatic carbocycles. The first-order valence-electron chi connectivity index (χ1n) is 15.4. The van der Waals surface area contributed by atoms with Gasteiger partial charge >= 0.3 is 0 Å². The van der Waals surface area contributed by atoms with Crippen LogP contribution < -0.4 is 10.6 Å². The zero-order chi connectivity index (χ0) is 27.2. The maximum absolute atomic E-state index is 12.2. The highest BCUT2D eigenvalue weighted by Crippen LogP contribution is 2.34. The number of carbonyl (C=O) groups is 1. The molecule has 1 unspecified atom stereocenters. The van der Waals surface area contributed by atoms with Gasteiger partial charge in [0.05, 0.1) is 20.8 Å². The van der Waals surface area contributed by atoms with Crippen molar-refractivity contribution in [2.75, 3.05) is 25.0 Å². The van der Waals surface area contributed by atoms with Gasteiger partial charge in [0, 0.05) is 24.3 Å². The van der Waals surface area contributed by atoms with Gasteiger partial charge in [0.2, 0.25) is 0 Å². The fourth-order valence-corrected chi connectivity index (χ4v) is 10.8. The first-order valence-corrected chi connectivity index (χ1v) is 18.2. The van der Waals surface area contributed by atoms with Crippen LogP contribution in [0.15, 0.2) is 24.3 Å². The van der Waals surface area contributed by atoms with E-state index in [2.05, 4.69) is 31.4 Å². The van der Waals surface area contributed by atoms with Crippen LogP contribution in [0.3, 0.4) is 0 Å². The number of aliphatic hydroxyl groups is 2. The number of benzene rings is 1. The summed E-state index contributed by atoms with van der Waals surface area (Å²) in [6.07, 6.45) is 17.0. The van der Waals surface area contributed by atoms with Crippen molar-refractivity contribution in [2.45, 2.75) is 135 Å². The molecular weight excluding hydrogens is 476 g/mol. The summed E-state index contributed by atoms with van der Waals surface area (Å²) < 4.78 is 0. The Morgan fingerprint density at radius 1 is 0.757 bits per heavy atom. The Morgan fingerprint density at radius 3 is 1.70 bits per heavy atom. The summed E-state index contributed by atoms with van der Waals surface area (Å²) in [6, 6.07) is 13.6. The lowest BCUT2D eigenvalue weighted by Gasteiger charge is -2.33. The minimum absolute atomic E-state index is 0.0519. The lowest BCUT2D eigenvalue weighted by atomic mass is 10.2. The molecule has 0 aromatic heterocycles. The standard InChI is InChI=1S/C31H58N2O3Si/c1-4-7-10-13-22-37(23-14-11-8-5-2,24-15-12-9-6-3)25-16-21-32-29-19-17-28(18-20-29)31(36)33-26-30(35)27-34/h17-20,30,32,34-35H,4-16,21-27H2,1-3H3,(H,33,36). The van der Waals surface area contributed by atoms with Crippen LogP contribution in [-0.4, -0.2) is 50.0 Å². The van der Waals surface area contributed by atoms with E-state index in [0.29, 0.717) is 5.56 Å². The number of aliphatic hydroxyl groups excluding tert-OH is 2. The predicted octanol–water partition coefficient (Wildman–Crippen LogP) is 7.76. The Morgan fingerprint density at radius 2 is 1.24 bits per heavy atom. The Bertz CT molecular complexity index is 652. The Hall–Kier alpha value is -1.37. The van der Waals surface area contributed by atoms with Gasteiger partial charge in [-0.05, 0) is 30.7 Å². The SMILES string of the molecule is CCCCCC[Si](CCCCCC)(CCCCCC)CCCNc1ccc(C(=O)NCC(O)CO)cc1. The second-order valence-corrected chi connectivity index (χ2v) is 16.1. The van der Waals surface area contributed by atoms with Crippen molar-refractivity contribution >= 4 is 19.7 Å². The number of nitrogens with one attached hydrogen (secondary N) is 2. The van der Waals surface area contributed by atoms with Gasteiger partial charge < -0.3 is 20.8 Å². The number of rotatable bonds is 24. The number of anilines is 1. The molecule has 0 bridgehead atoms. The average molecular weight is 535 g/mol. The van der Waals surface area contributed by atoms with Gasteiger partial charge in [0.25, 0.3) is 5.91 Å². The molecule has 1 aromatic rings. The first-order chi connectivity index (χ1) is 18.0. The smallest absolute Gasteiger partial charge is 0.251 e. The van der Waals surface area contributed by atoms with E-state index in [9.17, 15) is 9.90 Å². The molecular formula is C31H58N2O3Si.